The van der Waals surface area contributed by atoms with E-state index in [9.17, 15) is 14.4 Å². The molecule has 0 fully saturated rings. The normalized spacial score (nSPS) is 15.0. The highest BCUT2D eigenvalue weighted by molar-refractivity contribution is 7.07. The zero-order valence-electron chi connectivity index (χ0n) is 23.2. The lowest BCUT2D eigenvalue weighted by Crippen LogP contribution is -2.40. The van der Waals surface area contributed by atoms with Gasteiger partial charge in [-0.25, -0.2) is 14.6 Å². The van der Waals surface area contributed by atoms with Gasteiger partial charge in [0.2, 0.25) is 0 Å². The van der Waals surface area contributed by atoms with Crippen molar-refractivity contribution < 1.29 is 28.2 Å². The van der Waals surface area contributed by atoms with E-state index in [1.54, 1.807) is 88.6 Å². The summed E-state index contributed by atoms with van der Waals surface area (Å²) in [5.41, 5.74) is 2.03. The molecular weight excluding hydrogens is 544 g/mol. The molecular formula is C31H28N2O7S. The second kappa shape index (κ2) is 11.4. The summed E-state index contributed by atoms with van der Waals surface area (Å²) < 4.78 is 23.8. The Kier molecular flexibility index (Phi) is 7.76. The van der Waals surface area contributed by atoms with Crippen LogP contribution in [-0.2, 0) is 14.3 Å². The summed E-state index contributed by atoms with van der Waals surface area (Å²) in [4.78, 5) is 44.5. The molecule has 1 aliphatic rings. The summed E-state index contributed by atoms with van der Waals surface area (Å²) in [6, 6.07) is 16.9. The van der Waals surface area contributed by atoms with Crippen LogP contribution in [0.2, 0.25) is 0 Å². The molecule has 1 aliphatic heterocycles. The quantitative estimate of drug-likeness (QED) is 0.305. The summed E-state index contributed by atoms with van der Waals surface area (Å²) in [5.74, 6) is 0.438. The van der Waals surface area contributed by atoms with E-state index in [2.05, 4.69) is 4.99 Å². The van der Waals surface area contributed by atoms with Gasteiger partial charge in [0.05, 0.1) is 47.7 Å². The molecule has 0 radical (unpaired) electrons. The number of methoxy groups -OCH3 is 2. The SMILES string of the molecule is COC(=O)c1ccccc1-c1ccc(/C=c2\sc3n(c2=O)[C@H](c2cccc(OC)c2)C(C(=O)OC(C)C)=C(C)N=3)o1. The van der Waals surface area contributed by atoms with Crippen molar-refractivity contribution in [2.45, 2.75) is 32.9 Å². The van der Waals surface area contributed by atoms with Crippen LogP contribution < -0.4 is 19.6 Å². The Morgan fingerprint density at radius 2 is 1.83 bits per heavy atom. The Balaban J connectivity index is 1.63. The van der Waals surface area contributed by atoms with E-state index in [1.807, 2.05) is 6.07 Å². The van der Waals surface area contributed by atoms with Gasteiger partial charge in [0.1, 0.15) is 17.3 Å². The highest BCUT2D eigenvalue weighted by atomic mass is 32.1. The van der Waals surface area contributed by atoms with E-state index in [4.69, 9.17) is 18.6 Å². The van der Waals surface area contributed by atoms with E-state index in [1.165, 1.54) is 23.0 Å². The van der Waals surface area contributed by atoms with Gasteiger partial charge in [0.25, 0.3) is 5.56 Å². The lowest BCUT2D eigenvalue weighted by molar-refractivity contribution is -0.143. The minimum Gasteiger partial charge on any atom is -0.497 e. The monoisotopic (exact) mass is 572 g/mol. The maximum Gasteiger partial charge on any atom is 0.338 e. The van der Waals surface area contributed by atoms with Crippen molar-refractivity contribution in [3.63, 3.8) is 0 Å². The Hall–Kier alpha value is -4.70. The van der Waals surface area contributed by atoms with Crippen molar-refractivity contribution in [3.05, 3.63) is 109 Å². The van der Waals surface area contributed by atoms with Crippen LogP contribution in [0.15, 0.2) is 86.1 Å². The molecule has 0 amide bonds. The van der Waals surface area contributed by atoms with Crippen LogP contribution in [0.4, 0.5) is 0 Å². The summed E-state index contributed by atoms with van der Waals surface area (Å²) in [6.07, 6.45) is 1.28. The standard InChI is InChI=1S/C31H28N2O7S/c1-17(2)39-30(36)26-18(3)32-31-33(27(26)19-9-8-10-20(15-19)37-4)28(34)25(41-31)16-21-13-14-24(40-21)22-11-6-7-12-23(22)29(35)38-5/h6-17,27H,1-5H3/b25-16-/t27-/m1/s1. The van der Waals surface area contributed by atoms with Crippen molar-refractivity contribution in [1.82, 2.24) is 4.57 Å². The maximum atomic E-state index is 13.9. The third-order valence-electron chi connectivity index (χ3n) is 6.49. The first-order chi connectivity index (χ1) is 19.7. The number of ether oxygens (including phenoxy) is 3. The summed E-state index contributed by atoms with van der Waals surface area (Å²) >= 11 is 1.19. The number of fused-ring (bicyclic) bond motifs is 1. The van der Waals surface area contributed by atoms with Crippen molar-refractivity contribution in [2.24, 2.45) is 4.99 Å². The van der Waals surface area contributed by atoms with E-state index < -0.39 is 18.0 Å². The fourth-order valence-corrected chi connectivity index (χ4v) is 5.70. The molecule has 2 aromatic heterocycles. The number of furan rings is 1. The van der Waals surface area contributed by atoms with Crippen LogP contribution >= 0.6 is 11.3 Å². The summed E-state index contributed by atoms with van der Waals surface area (Å²) in [5, 5.41) is 0. The second-order valence-corrected chi connectivity index (χ2v) is 10.6. The number of esters is 2. The molecule has 2 aromatic carbocycles. The van der Waals surface area contributed by atoms with Crippen LogP contribution in [0.1, 0.15) is 48.5 Å². The van der Waals surface area contributed by atoms with Crippen LogP contribution in [0, 0.1) is 0 Å². The number of aromatic nitrogens is 1. The van der Waals surface area contributed by atoms with Crippen LogP contribution in [0.5, 0.6) is 5.75 Å². The van der Waals surface area contributed by atoms with Crippen LogP contribution in [0.3, 0.4) is 0 Å². The molecule has 0 N–H and O–H groups in total. The molecule has 0 saturated carbocycles. The Bertz CT molecular complexity index is 1860. The number of carbonyl (C=O) groups excluding carboxylic acids is 2. The molecule has 0 aliphatic carbocycles. The molecule has 1 atom stereocenters. The van der Waals surface area contributed by atoms with Gasteiger partial charge in [-0.05, 0) is 56.7 Å². The lowest BCUT2D eigenvalue weighted by atomic mass is 9.95. The van der Waals surface area contributed by atoms with Gasteiger partial charge >= 0.3 is 11.9 Å². The molecule has 9 nitrogen and oxygen atoms in total. The first kappa shape index (κ1) is 27.9. The van der Waals surface area contributed by atoms with E-state index >= 15 is 0 Å². The largest absolute Gasteiger partial charge is 0.497 e. The Labute approximate surface area is 239 Å². The highest BCUT2D eigenvalue weighted by Crippen LogP contribution is 2.32. The molecule has 4 aromatic rings. The number of thiazole rings is 1. The third kappa shape index (κ3) is 5.38. The summed E-state index contributed by atoms with van der Waals surface area (Å²) in [6.45, 7) is 5.27. The van der Waals surface area contributed by atoms with E-state index in [-0.39, 0.29) is 17.2 Å². The van der Waals surface area contributed by atoms with Crippen LogP contribution in [0.25, 0.3) is 17.4 Å². The van der Waals surface area contributed by atoms with Crippen molar-refractivity contribution >= 4 is 29.4 Å². The second-order valence-electron chi connectivity index (χ2n) is 9.55. The van der Waals surface area contributed by atoms with E-state index in [0.717, 1.165) is 0 Å². The zero-order chi connectivity index (χ0) is 29.3. The lowest BCUT2D eigenvalue weighted by Gasteiger charge is -2.25. The average Bonchev–Trinajstić information content (AvgIpc) is 3.55. The molecule has 10 heteroatoms. The number of hydrogen-bond acceptors (Lipinski definition) is 9. The van der Waals surface area contributed by atoms with Crippen LogP contribution in [-0.4, -0.2) is 36.8 Å². The Morgan fingerprint density at radius 1 is 1.05 bits per heavy atom. The minimum atomic E-state index is -0.770. The highest BCUT2D eigenvalue weighted by Gasteiger charge is 2.34. The van der Waals surface area contributed by atoms with Gasteiger partial charge in [-0.15, -0.1) is 0 Å². The first-order valence-electron chi connectivity index (χ1n) is 12.9. The number of benzene rings is 2. The number of hydrogen-bond donors (Lipinski definition) is 0. The fraction of sp³-hybridized carbons (Fsp3) is 0.226. The molecule has 0 spiro atoms. The van der Waals surface area contributed by atoms with Crippen molar-refractivity contribution in [3.8, 4) is 17.1 Å². The van der Waals surface area contributed by atoms with Gasteiger partial charge in [0, 0.05) is 11.6 Å². The van der Waals surface area contributed by atoms with Gasteiger partial charge in [-0.2, -0.15) is 0 Å². The molecule has 210 valence electrons. The molecule has 0 unspecified atom stereocenters. The Morgan fingerprint density at radius 3 is 2.56 bits per heavy atom. The number of rotatable bonds is 7. The third-order valence-corrected chi connectivity index (χ3v) is 7.47. The fourth-order valence-electron chi connectivity index (χ4n) is 4.68. The maximum absolute atomic E-state index is 13.9. The molecule has 0 bridgehead atoms. The predicted molar refractivity (Wildman–Crippen MR) is 153 cm³/mol. The molecule has 3 heterocycles. The van der Waals surface area contributed by atoms with Gasteiger partial charge in [0.15, 0.2) is 4.80 Å². The minimum absolute atomic E-state index is 0.283. The smallest absolute Gasteiger partial charge is 0.338 e. The number of allylic oxidation sites excluding steroid dienone is 1. The van der Waals surface area contributed by atoms with E-state index in [0.29, 0.717) is 49.0 Å². The van der Waals surface area contributed by atoms with Gasteiger partial charge < -0.3 is 18.6 Å². The molecule has 0 saturated heterocycles. The van der Waals surface area contributed by atoms with Crippen molar-refractivity contribution in [2.75, 3.05) is 14.2 Å². The van der Waals surface area contributed by atoms with Crippen molar-refractivity contribution in [1.29, 1.82) is 0 Å². The number of nitrogens with zero attached hydrogens (tertiary/aromatic N) is 2. The topological polar surface area (TPSA) is 109 Å². The number of carbonyl (C=O) groups is 2. The first-order valence-corrected chi connectivity index (χ1v) is 13.7. The molecule has 5 rings (SSSR count). The van der Waals surface area contributed by atoms with Gasteiger partial charge in [-0.3, -0.25) is 9.36 Å². The summed E-state index contributed by atoms with van der Waals surface area (Å²) in [7, 11) is 2.88. The predicted octanol–water partition coefficient (Wildman–Crippen LogP) is 4.24. The van der Waals surface area contributed by atoms with Gasteiger partial charge in [-0.1, -0.05) is 41.7 Å². The zero-order valence-corrected chi connectivity index (χ0v) is 24.0. The average molecular weight is 573 g/mol. The molecule has 41 heavy (non-hydrogen) atoms.